The van der Waals surface area contributed by atoms with E-state index in [-0.39, 0.29) is 35.6 Å². The predicted octanol–water partition coefficient (Wildman–Crippen LogP) is 2.95. The first-order valence-electron chi connectivity index (χ1n) is 7.88. The zero-order chi connectivity index (χ0) is 16.9. The van der Waals surface area contributed by atoms with Crippen LogP contribution in [0.15, 0.2) is 24.3 Å². The number of methoxy groups -OCH3 is 1. The fraction of sp³-hybridized carbons (Fsp3) is 0.500. The van der Waals surface area contributed by atoms with Gasteiger partial charge in [0.1, 0.15) is 0 Å². The van der Waals surface area contributed by atoms with Gasteiger partial charge in [0.2, 0.25) is 0 Å². The van der Waals surface area contributed by atoms with Crippen LogP contribution in [0.2, 0.25) is 0 Å². The number of hydrogen-bond donors (Lipinski definition) is 2. The van der Waals surface area contributed by atoms with Gasteiger partial charge in [-0.3, -0.25) is 4.79 Å². The number of phenolic OH excluding ortho intramolecular Hbond substituents is 1. The molecule has 0 aromatic heterocycles. The van der Waals surface area contributed by atoms with Crippen LogP contribution in [0.1, 0.15) is 32.3 Å². The molecule has 5 nitrogen and oxygen atoms in total. The fourth-order valence-corrected chi connectivity index (χ4v) is 2.73. The van der Waals surface area contributed by atoms with Crippen LogP contribution < -0.4 is 10.1 Å². The van der Waals surface area contributed by atoms with Crippen molar-refractivity contribution in [2.45, 2.75) is 38.4 Å². The third-order valence-electron chi connectivity index (χ3n) is 3.98. The molecule has 0 aliphatic carbocycles. The number of ether oxygens (including phenoxy) is 2. The van der Waals surface area contributed by atoms with Gasteiger partial charge in [-0.05, 0) is 44.0 Å². The van der Waals surface area contributed by atoms with Crippen LogP contribution in [-0.4, -0.2) is 42.8 Å². The quantitative estimate of drug-likeness (QED) is 0.768. The Bertz CT molecular complexity index is 590. The van der Waals surface area contributed by atoms with Gasteiger partial charge in [0.15, 0.2) is 17.3 Å². The topological polar surface area (TPSA) is 67.8 Å². The molecule has 2 atom stereocenters. The number of ketones is 1. The number of phenols is 1. The van der Waals surface area contributed by atoms with E-state index in [2.05, 4.69) is 5.32 Å². The summed E-state index contributed by atoms with van der Waals surface area (Å²) in [7, 11) is 1.50. The Labute approximate surface area is 149 Å². The summed E-state index contributed by atoms with van der Waals surface area (Å²) >= 11 is 0. The predicted molar refractivity (Wildman–Crippen MR) is 97.0 cm³/mol. The highest BCUT2D eigenvalue weighted by Crippen LogP contribution is 2.27. The van der Waals surface area contributed by atoms with Crippen molar-refractivity contribution in [2.24, 2.45) is 0 Å². The highest BCUT2D eigenvalue weighted by atomic mass is 35.5. The van der Waals surface area contributed by atoms with Crippen molar-refractivity contribution in [1.29, 1.82) is 0 Å². The number of hydrogen-bond acceptors (Lipinski definition) is 5. The number of benzene rings is 1. The molecule has 1 heterocycles. The van der Waals surface area contributed by atoms with Gasteiger partial charge in [-0.2, -0.15) is 0 Å². The second kappa shape index (κ2) is 9.06. The van der Waals surface area contributed by atoms with Crippen molar-refractivity contribution in [3.63, 3.8) is 0 Å². The summed E-state index contributed by atoms with van der Waals surface area (Å²) in [6, 6.07) is 5.03. The van der Waals surface area contributed by atoms with Gasteiger partial charge in [-0.25, -0.2) is 0 Å². The minimum atomic E-state index is -0.292. The monoisotopic (exact) mass is 355 g/mol. The maximum absolute atomic E-state index is 12.0. The van der Waals surface area contributed by atoms with Gasteiger partial charge < -0.3 is 19.9 Å². The lowest BCUT2D eigenvalue weighted by molar-refractivity contribution is -0.121. The second-order valence-corrected chi connectivity index (χ2v) is 6.24. The van der Waals surface area contributed by atoms with Crippen molar-refractivity contribution in [1.82, 2.24) is 5.32 Å². The maximum Gasteiger partial charge on any atom is 0.160 e. The van der Waals surface area contributed by atoms with E-state index in [0.29, 0.717) is 18.6 Å². The van der Waals surface area contributed by atoms with Crippen molar-refractivity contribution >= 4 is 24.3 Å². The number of aromatic hydroxyl groups is 1. The molecule has 1 aliphatic heterocycles. The molecule has 1 aliphatic rings. The van der Waals surface area contributed by atoms with E-state index in [1.807, 2.05) is 13.8 Å². The smallest absolute Gasteiger partial charge is 0.160 e. The molecule has 1 aromatic carbocycles. The van der Waals surface area contributed by atoms with Crippen molar-refractivity contribution in [3.05, 3.63) is 29.8 Å². The molecular weight excluding hydrogens is 330 g/mol. The van der Waals surface area contributed by atoms with Gasteiger partial charge in [0.25, 0.3) is 0 Å². The molecule has 0 amide bonds. The van der Waals surface area contributed by atoms with Gasteiger partial charge >= 0.3 is 0 Å². The molecule has 2 unspecified atom stereocenters. The first-order valence-corrected chi connectivity index (χ1v) is 7.88. The van der Waals surface area contributed by atoms with E-state index >= 15 is 0 Å². The average Bonchev–Trinajstić information content (AvgIpc) is 2.51. The highest BCUT2D eigenvalue weighted by Gasteiger charge is 2.31. The molecule has 134 valence electrons. The van der Waals surface area contributed by atoms with Gasteiger partial charge in [0.05, 0.1) is 18.8 Å². The van der Waals surface area contributed by atoms with E-state index in [1.54, 1.807) is 30.4 Å². The lowest BCUT2D eigenvalue weighted by Gasteiger charge is -2.38. The summed E-state index contributed by atoms with van der Waals surface area (Å²) < 4.78 is 10.9. The molecule has 2 rings (SSSR count). The van der Waals surface area contributed by atoms with E-state index in [0.717, 1.165) is 18.7 Å². The van der Waals surface area contributed by atoms with Crippen LogP contribution in [0.5, 0.6) is 11.5 Å². The minimum absolute atomic E-state index is 0. The van der Waals surface area contributed by atoms with Crippen LogP contribution in [0, 0.1) is 0 Å². The molecule has 24 heavy (non-hydrogen) atoms. The Kier molecular flexibility index (Phi) is 7.73. The van der Waals surface area contributed by atoms with E-state index in [4.69, 9.17) is 9.47 Å². The summed E-state index contributed by atoms with van der Waals surface area (Å²) in [5.41, 5.74) is 0.464. The molecular formula is C18H26ClNO4. The first kappa shape index (κ1) is 20.5. The third-order valence-corrected chi connectivity index (χ3v) is 3.98. The highest BCUT2D eigenvalue weighted by molar-refractivity contribution is 5.93. The Morgan fingerprint density at radius 1 is 1.54 bits per heavy atom. The molecule has 6 heteroatoms. The zero-order valence-electron chi connectivity index (χ0n) is 14.4. The van der Waals surface area contributed by atoms with E-state index < -0.39 is 0 Å². The maximum atomic E-state index is 12.0. The standard InChI is InChI=1S/C18H25NO4.ClH/c1-13-11-19-12-18(2,23-13)9-8-15(20)6-4-14-5-7-17(22-3)16(21)10-14;/h4-7,10,13,19,21H,8-9,11-12H2,1-3H3;1H. The number of rotatable bonds is 6. The van der Waals surface area contributed by atoms with Crippen molar-refractivity contribution in [3.8, 4) is 11.5 Å². The van der Waals surface area contributed by atoms with Gasteiger partial charge in [-0.1, -0.05) is 12.1 Å². The molecule has 0 bridgehead atoms. The van der Waals surface area contributed by atoms with E-state index in [9.17, 15) is 9.90 Å². The van der Waals surface area contributed by atoms with Crippen LogP contribution in [0.3, 0.4) is 0 Å². The Balaban J connectivity index is 0.00000288. The molecule has 1 saturated heterocycles. The summed E-state index contributed by atoms with van der Waals surface area (Å²) in [6.07, 6.45) is 4.53. The third kappa shape index (κ3) is 5.82. The number of morpholine rings is 1. The van der Waals surface area contributed by atoms with Crippen molar-refractivity contribution < 1.29 is 19.4 Å². The summed E-state index contributed by atoms with van der Waals surface area (Å²) in [5.74, 6) is 0.520. The minimum Gasteiger partial charge on any atom is -0.504 e. The Morgan fingerprint density at radius 3 is 2.92 bits per heavy atom. The summed E-state index contributed by atoms with van der Waals surface area (Å²) in [5, 5.41) is 13.1. The number of nitrogens with one attached hydrogen (secondary N) is 1. The molecule has 1 aromatic rings. The number of carbonyl (C=O) groups is 1. The number of carbonyl (C=O) groups excluding carboxylic acids is 1. The molecule has 0 saturated carbocycles. The van der Waals surface area contributed by atoms with Gasteiger partial charge in [0, 0.05) is 19.5 Å². The Morgan fingerprint density at radius 2 is 2.29 bits per heavy atom. The van der Waals surface area contributed by atoms with Crippen LogP contribution in [-0.2, 0) is 9.53 Å². The lowest BCUT2D eigenvalue weighted by atomic mass is 9.96. The summed E-state index contributed by atoms with van der Waals surface area (Å²) in [4.78, 5) is 12.0. The normalized spacial score (nSPS) is 23.7. The van der Waals surface area contributed by atoms with Crippen LogP contribution in [0.25, 0.3) is 6.08 Å². The van der Waals surface area contributed by atoms with Crippen LogP contribution >= 0.6 is 12.4 Å². The Hall–Kier alpha value is -1.56. The largest absolute Gasteiger partial charge is 0.504 e. The fourth-order valence-electron chi connectivity index (χ4n) is 2.73. The SMILES string of the molecule is COc1ccc(C=CC(=O)CCC2(C)CNCC(C)O2)cc1O.Cl. The van der Waals surface area contributed by atoms with Crippen molar-refractivity contribution in [2.75, 3.05) is 20.2 Å². The first-order chi connectivity index (χ1) is 10.9. The molecule has 0 radical (unpaired) electrons. The van der Waals surface area contributed by atoms with E-state index in [1.165, 1.54) is 7.11 Å². The zero-order valence-corrected chi connectivity index (χ0v) is 15.2. The number of halogens is 1. The average molecular weight is 356 g/mol. The van der Waals surface area contributed by atoms with Gasteiger partial charge in [-0.15, -0.1) is 12.4 Å². The molecule has 1 fully saturated rings. The summed E-state index contributed by atoms with van der Waals surface area (Å²) in [6.45, 7) is 5.68. The lowest BCUT2D eigenvalue weighted by Crippen LogP contribution is -2.51. The molecule has 2 N–H and O–H groups in total. The second-order valence-electron chi connectivity index (χ2n) is 6.24. The van der Waals surface area contributed by atoms with Crippen LogP contribution in [0.4, 0.5) is 0 Å². The number of allylic oxidation sites excluding steroid dienone is 1. The molecule has 0 spiro atoms.